The Hall–Kier alpha value is -0.810. The predicted molar refractivity (Wildman–Crippen MR) is 80.9 cm³/mol. The van der Waals surface area contributed by atoms with E-state index in [4.69, 9.17) is 0 Å². The largest absolute Gasteiger partial charge is 0.350 e. The summed E-state index contributed by atoms with van der Waals surface area (Å²) in [4.78, 5) is 26.1. The van der Waals surface area contributed by atoms with Gasteiger partial charge in [0.05, 0.1) is 0 Å². The Morgan fingerprint density at radius 1 is 1.40 bits per heavy atom. The zero-order valence-electron chi connectivity index (χ0n) is 12.4. The fourth-order valence-electron chi connectivity index (χ4n) is 3.03. The van der Waals surface area contributed by atoms with Crippen molar-refractivity contribution in [1.82, 2.24) is 15.5 Å². The second kappa shape index (κ2) is 7.84. The van der Waals surface area contributed by atoms with Gasteiger partial charge in [0.15, 0.2) is 0 Å². The lowest BCUT2D eigenvalue weighted by Gasteiger charge is -2.32. The first-order valence-corrected chi connectivity index (χ1v) is 7.40. The van der Waals surface area contributed by atoms with Crippen molar-refractivity contribution in [3.05, 3.63) is 0 Å². The number of hydrogen-bond donors (Lipinski definition) is 2. The van der Waals surface area contributed by atoms with Crippen molar-refractivity contribution in [2.45, 2.75) is 51.6 Å². The topological polar surface area (TPSA) is 61.4 Å². The number of amides is 2. The van der Waals surface area contributed by atoms with Gasteiger partial charge < -0.3 is 15.5 Å². The van der Waals surface area contributed by atoms with Gasteiger partial charge in [-0.2, -0.15) is 0 Å². The highest BCUT2D eigenvalue weighted by Gasteiger charge is 2.35. The smallest absolute Gasteiger partial charge is 0.243 e. The van der Waals surface area contributed by atoms with Crippen LogP contribution < -0.4 is 10.6 Å². The average molecular weight is 304 g/mol. The average Bonchev–Trinajstić information content (AvgIpc) is 2.77. The number of rotatable bonds is 4. The van der Waals surface area contributed by atoms with E-state index in [9.17, 15) is 9.59 Å². The Kier molecular flexibility index (Phi) is 6.76. The molecule has 2 rings (SSSR count). The molecule has 0 saturated carbocycles. The Balaban J connectivity index is 0.00000200. The summed E-state index contributed by atoms with van der Waals surface area (Å²) < 4.78 is 0. The van der Waals surface area contributed by atoms with E-state index in [0.29, 0.717) is 6.42 Å². The summed E-state index contributed by atoms with van der Waals surface area (Å²) >= 11 is 0. The van der Waals surface area contributed by atoms with Crippen molar-refractivity contribution < 1.29 is 9.59 Å². The molecule has 2 heterocycles. The zero-order chi connectivity index (χ0) is 13.8. The maximum atomic E-state index is 12.5. The third-order valence-corrected chi connectivity index (χ3v) is 3.99. The molecule has 20 heavy (non-hydrogen) atoms. The van der Waals surface area contributed by atoms with E-state index in [1.807, 2.05) is 13.8 Å². The molecule has 0 bridgehead atoms. The highest BCUT2D eigenvalue weighted by atomic mass is 35.5. The van der Waals surface area contributed by atoms with Crippen molar-refractivity contribution in [2.75, 3.05) is 19.6 Å². The number of nitrogens with one attached hydrogen (secondary N) is 2. The molecule has 5 nitrogen and oxygen atoms in total. The van der Waals surface area contributed by atoms with Crippen molar-refractivity contribution in [3.63, 3.8) is 0 Å². The summed E-state index contributed by atoms with van der Waals surface area (Å²) in [5.41, 5.74) is 0. The molecule has 0 aromatic carbocycles. The van der Waals surface area contributed by atoms with E-state index < -0.39 is 0 Å². The quantitative estimate of drug-likeness (QED) is 0.812. The Labute approximate surface area is 127 Å². The summed E-state index contributed by atoms with van der Waals surface area (Å²) in [5, 5.41) is 6.39. The summed E-state index contributed by atoms with van der Waals surface area (Å²) in [7, 11) is 0. The number of carbonyl (C=O) groups is 2. The maximum absolute atomic E-state index is 12.5. The molecule has 2 amide bonds. The fraction of sp³-hybridized carbons (Fsp3) is 0.857. The summed E-state index contributed by atoms with van der Waals surface area (Å²) in [5.74, 6) is 0.285. The van der Waals surface area contributed by atoms with Gasteiger partial charge in [-0.25, -0.2) is 0 Å². The first kappa shape index (κ1) is 17.2. The summed E-state index contributed by atoms with van der Waals surface area (Å²) in [6, 6.07) is -0.0999. The standard InChI is InChI=1S/C14H25N3O2.ClH/c1-10(2)13(17-8-4-6-12(17)18)14(19)16-11-5-3-7-15-9-11;/h10-11,13,15H,3-9H2,1-2H3,(H,16,19);1H/t11-,13?;/m0./s1. The Bertz CT molecular complexity index is 343. The van der Waals surface area contributed by atoms with Crippen molar-refractivity contribution in [3.8, 4) is 0 Å². The molecule has 1 unspecified atom stereocenters. The molecule has 2 N–H and O–H groups in total. The van der Waals surface area contributed by atoms with Crippen molar-refractivity contribution in [1.29, 1.82) is 0 Å². The summed E-state index contributed by atoms with van der Waals surface area (Å²) in [6.45, 7) is 6.61. The molecule has 116 valence electrons. The van der Waals surface area contributed by atoms with Crippen LogP contribution in [0.15, 0.2) is 0 Å². The number of hydrogen-bond acceptors (Lipinski definition) is 3. The van der Waals surface area contributed by atoms with E-state index in [2.05, 4.69) is 10.6 Å². The molecule has 0 aromatic heterocycles. The first-order chi connectivity index (χ1) is 9.09. The molecular formula is C14H26ClN3O2. The lowest BCUT2D eigenvalue weighted by Crippen LogP contribution is -2.55. The third-order valence-electron chi connectivity index (χ3n) is 3.99. The van der Waals surface area contributed by atoms with Crippen LogP contribution in [0.2, 0.25) is 0 Å². The molecule has 2 aliphatic heterocycles. The van der Waals surface area contributed by atoms with Gasteiger partial charge in [-0.15, -0.1) is 12.4 Å². The number of piperidine rings is 1. The van der Waals surface area contributed by atoms with Crippen molar-refractivity contribution in [2.24, 2.45) is 5.92 Å². The van der Waals surface area contributed by atoms with Crippen LogP contribution in [0.3, 0.4) is 0 Å². The number of halogens is 1. The molecule has 0 spiro atoms. The van der Waals surface area contributed by atoms with Crippen LogP contribution in [-0.2, 0) is 9.59 Å². The van der Waals surface area contributed by atoms with Crippen LogP contribution in [-0.4, -0.2) is 48.4 Å². The lowest BCUT2D eigenvalue weighted by atomic mass is 10.0. The normalized spacial score (nSPS) is 24.4. The molecule has 2 fully saturated rings. The van der Waals surface area contributed by atoms with Crippen LogP contribution in [0.25, 0.3) is 0 Å². The van der Waals surface area contributed by atoms with Gasteiger partial charge >= 0.3 is 0 Å². The molecule has 0 aliphatic carbocycles. The lowest BCUT2D eigenvalue weighted by molar-refractivity contribution is -0.139. The van der Waals surface area contributed by atoms with E-state index in [-0.39, 0.29) is 42.2 Å². The van der Waals surface area contributed by atoms with Gasteiger partial charge in [-0.3, -0.25) is 9.59 Å². The van der Waals surface area contributed by atoms with Crippen LogP contribution >= 0.6 is 12.4 Å². The number of carbonyl (C=O) groups excluding carboxylic acids is 2. The first-order valence-electron chi connectivity index (χ1n) is 7.40. The van der Waals surface area contributed by atoms with E-state index in [1.54, 1.807) is 4.90 Å². The fourth-order valence-corrected chi connectivity index (χ4v) is 3.03. The predicted octanol–water partition coefficient (Wildman–Crippen LogP) is 0.923. The highest BCUT2D eigenvalue weighted by molar-refractivity contribution is 5.89. The van der Waals surface area contributed by atoms with Gasteiger partial charge in [0.1, 0.15) is 6.04 Å². The van der Waals surface area contributed by atoms with Gasteiger partial charge in [0.2, 0.25) is 11.8 Å². The zero-order valence-corrected chi connectivity index (χ0v) is 13.2. The van der Waals surface area contributed by atoms with Crippen LogP contribution in [0.1, 0.15) is 39.5 Å². The maximum Gasteiger partial charge on any atom is 0.243 e. The van der Waals surface area contributed by atoms with Crippen LogP contribution in [0, 0.1) is 5.92 Å². The van der Waals surface area contributed by atoms with Gasteiger partial charge in [0, 0.05) is 25.6 Å². The third kappa shape index (κ3) is 4.09. The Morgan fingerprint density at radius 3 is 2.65 bits per heavy atom. The molecule has 2 atom stereocenters. The van der Waals surface area contributed by atoms with Crippen LogP contribution in [0.5, 0.6) is 0 Å². The minimum Gasteiger partial charge on any atom is -0.350 e. The number of nitrogens with zero attached hydrogens (tertiary/aromatic N) is 1. The van der Waals surface area contributed by atoms with Gasteiger partial charge in [-0.05, 0) is 31.7 Å². The monoisotopic (exact) mass is 303 g/mol. The van der Waals surface area contributed by atoms with E-state index >= 15 is 0 Å². The molecule has 0 aromatic rings. The molecule has 2 aliphatic rings. The Morgan fingerprint density at radius 2 is 2.15 bits per heavy atom. The van der Waals surface area contributed by atoms with Crippen LogP contribution in [0.4, 0.5) is 0 Å². The van der Waals surface area contributed by atoms with Gasteiger partial charge in [-0.1, -0.05) is 13.8 Å². The second-order valence-electron chi connectivity index (χ2n) is 5.93. The van der Waals surface area contributed by atoms with E-state index in [0.717, 1.165) is 38.9 Å². The SMILES string of the molecule is CC(C)C(C(=O)N[C@H]1CCCNC1)N1CCCC1=O.Cl. The molecular weight excluding hydrogens is 278 g/mol. The van der Waals surface area contributed by atoms with Gasteiger partial charge in [0.25, 0.3) is 0 Å². The van der Waals surface area contributed by atoms with Crippen molar-refractivity contribution >= 4 is 24.2 Å². The minimum atomic E-state index is -0.308. The number of likely N-dealkylation sites (tertiary alicyclic amines) is 1. The molecule has 6 heteroatoms. The summed E-state index contributed by atoms with van der Waals surface area (Å²) in [6.07, 6.45) is 3.58. The molecule has 2 saturated heterocycles. The van der Waals surface area contributed by atoms with E-state index in [1.165, 1.54) is 0 Å². The minimum absolute atomic E-state index is 0. The molecule has 0 radical (unpaired) electrons. The second-order valence-corrected chi connectivity index (χ2v) is 5.93. The highest BCUT2D eigenvalue weighted by Crippen LogP contribution is 2.19.